The molecule has 2 rings (SSSR count). The Morgan fingerprint density at radius 1 is 1.00 bits per heavy atom. The number of benzene rings is 2. The highest BCUT2D eigenvalue weighted by molar-refractivity contribution is 5.29. The predicted octanol–water partition coefficient (Wildman–Crippen LogP) is 5.06. The summed E-state index contributed by atoms with van der Waals surface area (Å²) in [5.41, 5.74) is 1.19. The number of hydrogen-bond acceptors (Lipinski definition) is 1. The third kappa shape index (κ3) is 3.35. The van der Waals surface area contributed by atoms with Crippen molar-refractivity contribution in [1.29, 1.82) is 0 Å². The summed E-state index contributed by atoms with van der Waals surface area (Å²) in [5, 5.41) is 0. The highest BCUT2D eigenvalue weighted by Crippen LogP contribution is 2.22. The molecule has 0 saturated carbocycles. The normalized spacial score (nSPS) is 12.2. The predicted molar refractivity (Wildman–Crippen MR) is 75.8 cm³/mol. The smallest absolute Gasteiger partial charge is 0.132 e. The molecule has 0 amide bonds. The van der Waals surface area contributed by atoms with Crippen LogP contribution in [0.3, 0.4) is 0 Å². The lowest BCUT2D eigenvalue weighted by molar-refractivity contribution is 0.292. The van der Waals surface area contributed by atoms with E-state index in [1.54, 1.807) is 0 Å². The molecule has 0 saturated heterocycles. The molecule has 0 heterocycles. The van der Waals surface area contributed by atoms with Gasteiger partial charge in [-0.15, -0.1) is 0 Å². The number of halogens is 2. The molecule has 0 aliphatic heterocycles. The quantitative estimate of drug-likeness (QED) is 0.742. The van der Waals surface area contributed by atoms with Crippen molar-refractivity contribution in [2.45, 2.75) is 32.8 Å². The summed E-state index contributed by atoms with van der Waals surface area (Å²) in [6.45, 7) is 4.18. The van der Waals surface area contributed by atoms with Crippen LogP contribution in [0.25, 0.3) is 0 Å². The van der Waals surface area contributed by atoms with Crippen molar-refractivity contribution in [2.24, 2.45) is 0 Å². The molecule has 1 unspecified atom stereocenters. The summed E-state index contributed by atoms with van der Waals surface area (Å²) in [7, 11) is 0. The Labute approximate surface area is 118 Å². The first-order valence-electron chi connectivity index (χ1n) is 6.77. The molecule has 1 nitrogen and oxygen atoms in total. The lowest BCUT2D eigenvalue weighted by atomic mass is 9.99. The molecule has 0 spiro atoms. The van der Waals surface area contributed by atoms with Gasteiger partial charge in [0.2, 0.25) is 0 Å². The molecular weight excluding hydrogens is 258 g/mol. The van der Waals surface area contributed by atoms with Gasteiger partial charge >= 0.3 is 0 Å². The van der Waals surface area contributed by atoms with Crippen LogP contribution in [0.1, 0.15) is 37.3 Å². The van der Waals surface area contributed by atoms with Gasteiger partial charge in [-0.2, -0.15) is 0 Å². The van der Waals surface area contributed by atoms with Crippen LogP contribution in [-0.4, -0.2) is 0 Å². The zero-order valence-corrected chi connectivity index (χ0v) is 11.7. The molecule has 0 aliphatic carbocycles. The summed E-state index contributed by atoms with van der Waals surface area (Å²) in [6.07, 6.45) is 1.07. The highest BCUT2D eigenvalue weighted by atomic mass is 19.1. The van der Waals surface area contributed by atoms with E-state index in [1.165, 1.54) is 23.8 Å². The van der Waals surface area contributed by atoms with Gasteiger partial charge in [0, 0.05) is 0 Å². The molecule has 0 aromatic heterocycles. The van der Waals surface area contributed by atoms with Crippen LogP contribution >= 0.6 is 0 Å². The molecule has 1 atom stereocenters. The van der Waals surface area contributed by atoms with Gasteiger partial charge in [0.15, 0.2) is 0 Å². The minimum absolute atomic E-state index is 0.0431. The Morgan fingerprint density at radius 3 is 2.15 bits per heavy atom. The Balaban J connectivity index is 2.04. The van der Waals surface area contributed by atoms with Crippen molar-refractivity contribution in [3.05, 3.63) is 65.2 Å². The van der Waals surface area contributed by atoms with Crippen LogP contribution in [0.4, 0.5) is 8.78 Å². The SMILES string of the molecule is CCC(C)c1ccc(OCc2c(F)cccc2F)cc1. The largest absolute Gasteiger partial charge is 0.489 e. The van der Waals surface area contributed by atoms with Crippen LogP contribution in [0.15, 0.2) is 42.5 Å². The number of ether oxygens (including phenoxy) is 1. The molecule has 106 valence electrons. The van der Waals surface area contributed by atoms with E-state index in [2.05, 4.69) is 13.8 Å². The topological polar surface area (TPSA) is 9.23 Å². The highest BCUT2D eigenvalue weighted by Gasteiger charge is 2.09. The number of rotatable bonds is 5. The lowest BCUT2D eigenvalue weighted by Gasteiger charge is -2.11. The van der Waals surface area contributed by atoms with Gasteiger partial charge in [0.25, 0.3) is 0 Å². The maximum absolute atomic E-state index is 13.4. The maximum Gasteiger partial charge on any atom is 0.132 e. The standard InChI is InChI=1S/C17H18F2O/c1-3-12(2)13-7-9-14(10-8-13)20-11-15-16(18)5-4-6-17(15)19/h4-10,12H,3,11H2,1-2H3. The Kier molecular flexibility index (Phi) is 4.72. The second-order valence-corrected chi connectivity index (χ2v) is 4.87. The summed E-state index contributed by atoms with van der Waals surface area (Å²) in [4.78, 5) is 0. The molecule has 0 aliphatic rings. The van der Waals surface area contributed by atoms with Crippen LogP contribution in [-0.2, 0) is 6.61 Å². The van der Waals surface area contributed by atoms with E-state index in [0.717, 1.165) is 6.42 Å². The molecule has 0 N–H and O–H groups in total. The summed E-state index contributed by atoms with van der Waals surface area (Å²) >= 11 is 0. The van der Waals surface area contributed by atoms with Crippen molar-refractivity contribution in [2.75, 3.05) is 0 Å². The first-order valence-corrected chi connectivity index (χ1v) is 6.77. The minimum atomic E-state index is -0.582. The van der Waals surface area contributed by atoms with Gasteiger partial charge in [-0.05, 0) is 42.2 Å². The molecule has 2 aromatic carbocycles. The average Bonchev–Trinajstić information content (AvgIpc) is 2.46. The Hall–Kier alpha value is -1.90. The third-order valence-corrected chi connectivity index (χ3v) is 3.51. The van der Waals surface area contributed by atoms with Crippen molar-refractivity contribution in [3.63, 3.8) is 0 Å². The van der Waals surface area contributed by atoms with Gasteiger partial charge in [0.05, 0.1) is 5.56 Å². The Bertz CT molecular complexity index is 543. The summed E-state index contributed by atoms with van der Waals surface area (Å²) in [6, 6.07) is 11.4. The van der Waals surface area contributed by atoms with Crippen LogP contribution in [0, 0.1) is 11.6 Å². The van der Waals surface area contributed by atoms with Crippen LogP contribution in [0.5, 0.6) is 5.75 Å². The van der Waals surface area contributed by atoms with E-state index in [4.69, 9.17) is 4.74 Å². The van der Waals surface area contributed by atoms with Gasteiger partial charge in [-0.3, -0.25) is 0 Å². The van der Waals surface area contributed by atoms with Gasteiger partial charge in [0.1, 0.15) is 24.0 Å². The fraction of sp³-hybridized carbons (Fsp3) is 0.294. The summed E-state index contributed by atoms with van der Waals surface area (Å²) < 4.78 is 32.3. The van der Waals surface area contributed by atoms with E-state index in [9.17, 15) is 8.78 Å². The molecule has 3 heteroatoms. The molecule has 0 radical (unpaired) electrons. The van der Waals surface area contributed by atoms with Crippen LogP contribution in [0.2, 0.25) is 0 Å². The van der Waals surface area contributed by atoms with Crippen molar-refractivity contribution < 1.29 is 13.5 Å². The minimum Gasteiger partial charge on any atom is -0.489 e. The Morgan fingerprint density at radius 2 is 1.60 bits per heavy atom. The van der Waals surface area contributed by atoms with E-state index in [1.807, 2.05) is 24.3 Å². The molecular formula is C17H18F2O. The van der Waals surface area contributed by atoms with Crippen molar-refractivity contribution in [1.82, 2.24) is 0 Å². The molecule has 2 aromatic rings. The van der Waals surface area contributed by atoms with E-state index >= 15 is 0 Å². The average molecular weight is 276 g/mol. The van der Waals surface area contributed by atoms with Gasteiger partial charge in [-0.1, -0.05) is 32.0 Å². The van der Waals surface area contributed by atoms with Crippen molar-refractivity contribution in [3.8, 4) is 5.75 Å². The zero-order chi connectivity index (χ0) is 14.5. The van der Waals surface area contributed by atoms with Crippen LogP contribution < -0.4 is 4.74 Å². The lowest BCUT2D eigenvalue weighted by Crippen LogP contribution is -2.02. The summed E-state index contributed by atoms with van der Waals surface area (Å²) in [5.74, 6) is -0.0600. The first-order chi connectivity index (χ1) is 9.61. The second kappa shape index (κ2) is 6.51. The molecule has 0 fully saturated rings. The monoisotopic (exact) mass is 276 g/mol. The van der Waals surface area contributed by atoms with E-state index in [0.29, 0.717) is 11.7 Å². The number of hydrogen-bond donors (Lipinski definition) is 0. The molecule has 0 bridgehead atoms. The fourth-order valence-corrected chi connectivity index (χ4v) is 1.95. The fourth-order valence-electron chi connectivity index (χ4n) is 1.95. The van der Waals surface area contributed by atoms with Crippen molar-refractivity contribution >= 4 is 0 Å². The van der Waals surface area contributed by atoms with Gasteiger partial charge in [-0.25, -0.2) is 8.78 Å². The zero-order valence-electron chi connectivity index (χ0n) is 11.7. The second-order valence-electron chi connectivity index (χ2n) is 4.87. The van der Waals surface area contributed by atoms with E-state index < -0.39 is 11.6 Å². The van der Waals surface area contributed by atoms with E-state index in [-0.39, 0.29) is 12.2 Å². The van der Waals surface area contributed by atoms with Gasteiger partial charge < -0.3 is 4.74 Å². The first kappa shape index (κ1) is 14.5. The third-order valence-electron chi connectivity index (χ3n) is 3.51. The molecule has 20 heavy (non-hydrogen) atoms. The maximum atomic E-state index is 13.4.